The lowest BCUT2D eigenvalue weighted by atomic mass is 10.2. The number of rotatable bonds is 3. The van der Waals surface area contributed by atoms with Crippen LogP contribution in [-0.4, -0.2) is 21.5 Å². The maximum Gasteiger partial charge on any atom is 0.274 e. The largest absolute Gasteiger partial charge is 0.396 e. The van der Waals surface area contributed by atoms with E-state index in [0.717, 1.165) is 0 Å². The number of hydrogen-bond donors (Lipinski definition) is 2. The number of hydrogen-bond acceptors (Lipinski definition) is 2. The standard InChI is InChI=1S/C11H11FN2O2/c12-9-2-1-3-10(6-9)14-11(16)8(4-5-15)7-13-14/h1-3,6-7,13,15H,4-5H2. The molecule has 0 aliphatic heterocycles. The quantitative estimate of drug-likeness (QED) is 0.808. The van der Waals surface area contributed by atoms with Crippen LogP contribution in [0.15, 0.2) is 35.3 Å². The monoisotopic (exact) mass is 222 g/mol. The van der Waals surface area contributed by atoms with E-state index in [2.05, 4.69) is 5.10 Å². The van der Waals surface area contributed by atoms with E-state index < -0.39 is 5.82 Å². The fourth-order valence-electron chi connectivity index (χ4n) is 1.51. The molecule has 0 amide bonds. The second kappa shape index (κ2) is 4.32. The lowest BCUT2D eigenvalue weighted by molar-refractivity contribution is 0.299. The van der Waals surface area contributed by atoms with Gasteiger partial charge in [-0.2, -0.15) is 0 Å². The molecule has 84 valence electrons. The van der Waals surface area contributed by atoms with Gasteiger partial charge >= 0.3 is 0 Å². The summed E-state index contributed by atoms with van der Waals surface area (Å²) in [5.41, 5.74) is 0.653. The first-order chi connectivity index (χ1) is 7.72. The predicted octanol–water partition coefficient (Wildman–Crippen LogP) is 0.840. The molecule has 1 aromatic carbocycles. The SMILES string of the molecule is O=c1c(CCO)c[nH]n1-c1cccc(F)c1. The third kappa shape index (κ3) is 1.90. The van der Waals surface area contributed by atoms with Gasteiger partial charge in [-0.1, -0.05) is 6.07 Å². The minimum atomic E-state index is -0.400. The summed E-state index contributed by atoms with van der Waals surface area (Å²) in [6.07, 6.45) is 1.81. The fraction of sp³-hybridized carbons (Fsp3) is 0.182. The van der Waals surface area contributed by atoms with Crippen molar-refractivity contribution in [3.8, 4) is 5.69 Å². The molecule has 4 nitrogen and oxygen atoms in total. The molecule has 0 spiro atoms. The molecule has 2 rings (SSSR count). The van der Waals surface area contributed by atoms with Gasteiger partial charge < -0.3 is 5.11 Å². The van der Waals surface area contributed by atoms with Crippen molar-refractivity contribution in [3.05, 3.63) is 52.2 Å². The molecule has 16 heavy (non-hydrogen) atoms. The first-order valence-electron chi connectivity index (χ1n) is 4.88. The molecule has 1 aromatic heterocycles. The number of aliphatic hydroxyl groups is 1. The minimum Gasteiger partial charge on any atom is -0.396 e. The number of aromatic amines is 1. The number of benzene rings is 1. The van der Waals surface area contributed by atoms with E-state index >= 15 is 0 Å². The van der Waals surface area contributed by atoms with Crippen LogP contribution in [0.25, 0.3) is 5.69 Å². The van der Waals surface area contributed by atoms with E-state index in [0.29, 0.717) is 11.3 Å². The molecule has 0 saturated heterocycles. The molecule has 0 radical (unpaired) electrons. The zero-order valence-corrected chi connectivity index (χ0v) is 8.48. The van der Waals surface area contributed by atoms with Gasteiger partial charge in [0, 0.05) is 24.8 Å². The summed E-state index contributed by atoms with van der Waals surface area (Å²) >= 11 is 0. The molecular formula is C11H11FN2O2. The fourth-order valence-corrected chi connectivity index (χ4v) is 1.51. The van der Waals surface area contributed by atoms with Gasteiger partial charge in [-0.05, 0) is 18.2 Å². The highest BCUT2D eigenvalue weighted by molar-refractivity contribution is 5.31. The lowest BCUT2D eigenvalue weighted by Crippen LogP contribution is -2.18. The lowest BCUT2D eigenvalue weighted by Gasteiger charge is -2.00. The van der Waals surface area contributed by atoms with Crippen LogP contribution in [0.5, 0.6) is 0 Å². The zero-order valence-electron chi connectivity index (χ0n) is 8.48. The maximum absolute atomic E-state index is 13.0. The normalized spacial score (nSPS) is 10.6. The topological polar surface area (TPSA) is 58.0 Å². The summed E-state index contributed by atoms with van der Waals surface area (Å²) < 4.78 is 14.2. The Balaban J connectivity index is 2.45. The Morgan fingerprint density at radius 1 is 1.44 bits per heavy atom. The number of aliphatic hydroxyl groups excluding tert-OH is 1. The Labute approximate surface area is 90.9 Å². The Morgan fingerprint density at radius 2 is 2.25 bits per heavy atom. The molecule has 2 aromatic rings. The van der Waals surface area contributed by atoms with Crippen molar-refractivity contribution < 1.29 is 9.50 Å². The molecule has 0 aliphatic rings. The molecule has 1 heterocycles. The van der Waals surface area contributed by atoms with Gasteiger partial charge in [-0.25, -0.2) is 9.07 Å². The van der Waals surface area contributed by atoms with Crippen LogP contribution in [-0.2, 0) is 6.42 Å². The Bertz CT molecular complexity index is 545. The van der Waals surface area contributed by atoms with E-state index in [1.165, 1.54) is 29.1 Å². The van der Waals surface area contributed by atoms with Crippen molar-refractivity contribution in [3.63, 3.8) is 0 Å². The minimum absolute atomic E-state index is 0.0871. The van der Waals surface area contributed by atoms with Crippen LogP contribution in [0.2, 0.25) is 0 Å². The molecule has 0 fully saturated rings. The van der Waals surface area contributed by atoms with Crippen molar-refractivity contribution in [2.24, 2.45) is 0 Å². The third-order valence-electron chi connectivity index (χ3n) is 2.29. The molecule has 0 atom stereocenters. The maximum atomic E-state index is 13.0. The smallest absolute Gasteiger partial charge is 0.274 e. The number of aromatic nitrogens is 2. The summed E-state index contributed by atoms with van der Waals surface area (Å²) in [5, 5.41) is 11.5. The van der Waals surface area contributed by atoms with Gasteiger partial charge in [0.05, 0.1) is 5.69 Å². The molecule has 0 aliphatic carbocycles. The van der Waals surface area contributed by atoms with Crippen LogP contribution >= 0.6 is 0 Å². The highest BCUT2D eigenvalue weighted by atomic mass is 19.1. The number of halogens is 1. The Kier molecular flexibility index (Phi) is 2.87. The first-order valence-corrected chi connectivity index (χ1v) is 4.88. The predicted molar refractivity (Wildman–Crippen MR) is 57.1 cm³/mol. The molecular weight excluding hydrogens is 211 g/mol. The summed E-state index contributed by atoms with van der Waals surface area (Å²) in [4.78, 5) is 11.8. The van der Waals surface area contributed by atoms with Crippen LogP contribution in [0, 0.1) is 5.82 Å². The average molecular weight is 222 g/mol. The number of H-pyrrole nitrogens is 1. The van der Waals surface area contributed by atoms with Gasteiger partial charge in [0.25, 0.3) is 5.56 Å². The molecule has 2 N–H and O–H groups in total. The van der Waals surface area contributed by atoms with Gasteiger partial charge in [-0.15, -0.1) is 0 Å². The van der Waals surface area contributed by atoms with E-state index in [9.17, 15) is 9.18 Å². The molecule has 5 heteroatoms. The van der Waals surface area contributed by atoms with Crippen molar-refractivity contribution in [1.82, 2.24) is 9.78 Å². The summed E-state index contributed by atoms with van der Waals surface area (Å²) in [6, 6.07) is 5.74. The van der Waals surface area contributed by atoms with Crippen molar-refractivity contribution >= 4 is 0 Å². The van der Waals surface area contributed by atoms with E-state index in [4.69, 9.17) is 5.11 Å². The molecule has 0 saturated carbocycles. The average Bonchev–Trinajstić information content (AvgIpc) is 2.61. The summed E-state index contributed by atoms with van der Waals surface area (Å²) in [7, 11) is 0. The number of nitrogens with one attached hydrogen (secondary N) is 1. The van der Waals surface area contributed by atoms with Crippen molar-refractivity contribution in [1.29, 1.82) is 0 Å². The number of nitrogens with zero attached hydrogens (tertiary/aromatic N) is 1. The van der Waals surface area contributed by atoms with Gasteiger partial charge in [0.1, 0.15) is 5.82 Å². The Hall–Kier alpha value is -1.88. The Morgan fingerprint density at radius 3 is 2.94 bits per heavy atom. The van der Waals surface area contributed by atoms with Gasteiger partial charge in [-0.3, -0.25) is 9.89 Å². The first kappa shape index (κ1) is 10.6. The zero-order chi connectivity index (χ0) is 11.5. The van der Waals surface area contributed by atoms with Crippen LogP contribution in [0.1, 0.15) is 5.56 Å². The van der Waals surface area contributed by atoms with Crippen LogP contribution in [0.4, 0.5) is 4.39 Å². The molecule has 0 unspecified atom stereocenters. The van der Waals surface area contributed by atoms with Gasteiger partial charge in [0.2, 0.25) is 0 Å². The van der Waals surface area contributed by atoms with Crippen molar-refractivity contribution in [2.75, 3.05) is 6.61 Å². The van der Waals surface area contributed by atoms with Crippen LogP contribution < -0.4 is 5.56 Å². The highest BCUT2D eigenvalue weighted by Crippen LogP contribution is 2.06. The summed E-state index contributed by atoms with van der Waals surface area (Å²) in [5.74, 6) is -0.400. The third-order valence-corrected chi connectivity index (χ3v) is 2.29. The van der Waals surface area contributed by atoms with Crippen molar-refractivity contribution in [2.45, 2.75) is 6.42 Å². The second-order valence-corrected chi connectivity index (χ2v) is 3.39. The molecule has 0 bridgehead atoms. The summed E-state index contributed by atoms with van der Waals surface area (Å²) in [6.45, 7) is -0.0871. The van der Waals surface area contributed by atoms with E-state index in [1.807, 2.05) is 0 Å². The highest BCUT2D eigenvalue weighted by Gasteiger charge is 2.07. The van der Waals surface area contributed by atoms with Gasteiger partial charge in [0.15, 0.2) is 0 Å². The van der Waals surface area contributed by atoms with E-state index in [-0.39, 0.29) is 18.6 Å². The van der Waals surface area contributed by atoms with Crippen LogP contribution in [0.3, 0.4) is 0 Å². The van der Waals surface area contributed by atoms with E-state index in [1.54, 1.807) is 6.07 Å². The second-order valence-electron chi connectivity index (χ2n) is 3.39.